The third kappa shape index (κ3) is 3.89. The molecule has 0 aliphatic carbocycles. The van der Waals surface area contributed by atoms with E-state index in [0.717, 1.165) is 11.3 Å². The van der Waals surface area contributed by atoms with E-state index in [1.807, 2.05) is 41.3 Å². The second kappa shape index (κ2) is 8.50. The molecule has 0 radical (unpaired) electrons. The van der Waals surface area contributed by atoms with Crippen molar-refractivity contribution in [2.45, 2.75) is 25.9 Å². The Morgan fingerprint density at radius 3 is 2.31 bits per heavy atom. The van der Waals surface area contributed by atoms with Crippen LogP contribution in [0.2, 0.25) is 0 Å². The van der Waals surface area contributed by atoms with Crippen LogP contribution >= 0.6 is 12.6 Å². The fourth-order valence-electron chi connectivity index (χ4n) is 3.25. The summed E-state index contributed by atoms with van der Waals surface area (Å²) in [6.45, 7) is 4.25. The van der Waals surface area contributed by atoms with Gasteiger partial charge in [0, 0.05) is 5.69 Å². The summed E-state index contributed by atoms with van der Waals surface area (Å²) >= 11 is 4.53. The Morgan fingerprint density at radius 2 is 1.76 bits per heavy atom. The Balaban J connectivity index is 2.13. The third-order valence-electron chi connectivity index (χ3n) is 4.88. The highest BCUT2D eigenvalue weighted by molar-refractivity contribution is 7.84. The summed E-state index contributed by atoms with van der Waals surface area (Å²) in [6.07, 6.45) is -0.559. The first kappa shape index (κ1) is 20.6. The lowest BCUT2D eigenvalue weighted by molar-refractivity contribution is -0.118. The Bertz CT molecular complexity index is 993. The van der Waals surface area contributed by atoms with E-state index in [0.29, 0.717) is 22.4 Å². The minimum absolute atomic E-state index is 0.0296. The van der Waals surface area contributed by atoms with E-state index in [2.05, 4.69) is 31.8 Å². The molecule has 0 aromatic heterocycles. The van der Waals surface area contributed by atoms with Gasteiger partial charge in [0.15, 0.2) is 11.5 Å². The molecule has 1 N–H and O–H groups in total. The van der Waals surface area contributed by atoms with Crippen LogP contribution < -0.4 is 19.7 Å². The van der Waals surface area contributed by atoms with Gasteiger partial charge in [-0.05, 0) is 41.3 Å². The minimum Gasteiger partial charge on any atom is -0.493 e. The van der Waals surface area contributed by atoms with Gasteiger partial charge >= 0.3 is 0 Å². The monoisotopic (exact) mass is 409 g/mol. The van der Waals surface area contributed by atoms with Crippen LogP contribution in [0.5, 0.6) is 11.5 Å². The number of thiol groups is 1. The van der Waals surface area contributed by atoms with Gasteiger partial charge in [0.05, 0.1) is 19.2 Å². The van der Waals surface area contributed by atoms with Crippen molar-refractivity contribution >= 4 is 24.2 Å². The lowest BCUT2D eigenvalue weighted by atomic mass is 10.0. The smallest absolute Gasteiger partial charge is 0.266 e. The molecule has 150 valence electrons. The van der Waals surface area contributed by atoms with Crippen molar-refractivity contribution in [1.82, 2.24) is 5.32 Å². The average Bonchev–Trinajstić information content (AvgIpc) is 2.73. The summed E-state index contributed by atoms with van der Waals surface area (Å²) in [5.41, 5.74) is 2.75. The zero-order valence-electron chi connectivity index (χ0n) is 16.8. The zero-order chi connectivity index (χ0) is 21.1. The lowest BCUT2D eigenvalue weighted by Crippen LogP contribution is -2.46. The number of carbonyl (C=O) groups is 1. The number of nitrogens with one attached hydrogen (secondary N) is 1. The van der Waals surface area contributed by atoms with Crippen molar-refractivity contribution in [2.24, 2.45) is 0 Å². The number of methoxy groups -OCH3 is 2. The van der Waals surface area contributed by atoms with Gasteiger partial charge in [-0.2, -0.15) is 5.26 Å². The summed E-state index contributed by atoms with van der Waals surface area (Å²) < 4.78 is 10.7. The van der Waals surface area contributed by atoms with Crippen molar-refractivity contribution < 1.29 is 14.3 Å². The first-order chi connectivity index (χ1) is 13.9. The number of rotatable bonds is 5. The fourth-order valence-corrected chi connectivity index (χ4v) is 3.63. The molecule has 1 aliphatic rings. The number of benzene rings is 2. The SMILES string of the molecule is COc1ccc(C2NC(=O)C(C#N)=C(S)N2c2ccc(C(C)C)cc2)cc1OC. The Kier molecular flexibility index (Phi) is 6.04. The van der Waals surface area contributed by atoms with E-state index in [9.17, 15) is 10.1 Å². The maximum atomic E-state index is 12.5. The number of carbonyl (C=O) groups excluding carboxylic acids is 1. The number of amides is 1. The van der Waals surface area contributed by atoms with Crippen molar-refractivity contribution in [2.75, 3.05) is 19.1 Å². The van der Waals surface area contributed by atoms with Crippen molar-refractivity contribution in [1.29, 1.82) is 5.26 Å². The van der Waals surface area contributed by atoms with Crippen LogP contribution in [0.1, 0.15) is 37.1 Å². The molecule has 7 heteroatoms. The van der Waals surface area contributed by atoms with E-state index in [1.165, 1.54) is 5.56 Å². The summed E-state index contributed by atoms with van der Waals surface area (Å²) in [4.78, 5) is 14.3. The molecule has 2 aromatic carbocycles. The number of nitriles is 1. The van der Waals surface area contributed by atoms with Gasteiger partial charge in [0.1, 0.15) is 17.8 Å². The molecule has 0 spiro atoms. The highest BCUT2D eigenvalue weighted by Gasteiger charge is 2.34. The van der Waals surface area contributed by atoms with Gasteiger partial charge in [-0.3, -0.25) is 4.79 Å². The minimum atomic E-state index is -0.559. The number of anilines is 1. The summed E-state index contributed by atoms with van der Waals surface area (Å²) in [6, 6.07) is 15.4. The molecule has 1 unspecified atom stereocenters. The van der Waals surface area contributed by atoms with Crippen molar-refractivity contribution in [3.8, 4) is 17.6 Å². The van der Waals surface area contributed by atoms with Crippen molar-refractivity contribution in [3.05, 3.63) is 64.2 Å². The summed E-state index contributed by atoms with van der Waals surface area (Å²) in [5.74, 6) is 1.07. The van der Waals surface area contributed by atoms with Gasteiger partial charge in [-0.25, -0.2) is 0 Å². The standard InChI is InChI=1S/C22H23N3O3S/c1-13(2)14-5-8-16(9-6-14)25-20(24-21(26)17(12-23)22(25)29)15-7-10-18(27-3)19(11-15)28-4/h5-11,13,20,29H,1-4H3,(H,24,26). The van der Waals surface area contributed by atoms with Crippen LogP contribution in [-0.2, 0) is 4.79 Å². The molecule has 6 nitrogen and oxygen atoms in total. The molecular weight excluding hydrogens is 386 g/mol. The summed E-state index contributed by atoms with van der Waals surface area (Å²) in [5, 5.41) is 12.6. The average molecular weight is 410 g/mol. The predicted octanol–water partition coefficient (Wildman–Crippen LogP) is 4.13. The molecule has 3 rings (SSSR count). The predicted molar refractivity (Wildman–Crippen MR) is 115 cm³/mol. The fraction of sp³-hybridized carbons (Fsp3) is 0.273. The van der Waals surface area contributed by atoms with E-state index in [1.54, 1.807) is 26.4 Å². The topological polar surface area (TPSA) is 74.6 Å². The largest absolute Gasteiger partial charge is 0.493 e. The van der Waals surface area contributed by atoms with E-state index in [-0.39, 0.29) is 5.57 Å². The Labute approximate surface area is 176 Å². The number of nitrogens with zero attached hydrogens (tertiary/aromatic N) is 2. The molecule has 0 fully saturated rings. The Hall–Kier alpha value is -3.11. The van der Waals surface area contributed by atoms with E-state index < -0.39 is 12.1 Å². The molecule has 1 amide bonds. The van der Waals surface area contributed by atoms with Gasteiger partial charge in [0.2, 0.25) is 0 Å². The maximum absolute atomic E-state index is 12.5. The normalized spacial score (nSPS) is 16.5. The molecule has 1 atom stereocenters. The van der Waals surface area contributed by atoms with Gasteiger partial charge in [-0.15, -0.1) is 12.6 Å². The zero-order valence-corrected chi connectivity index (χ0v) is 17.7. The summed E-state index contributed by atoms with van der Waals surface area (Å²) in [7, 11) is 3.12. The van der Waals surface area contributed by atoms with Crippen LogP contribution in [0.4, 0.5) is 5.69 Å². The molecule has 0 saturated heterocycles. The number of ether oxygens (including phenoxy) is 2. The van der Waals surface area contributed by atoms with Crippen LogP contribution in [0.15, 0.2) is 53.1 Å². The molecule has 29 heavy (non-hydrogen) atoms. The molecule has 2 aromatic rings. The molecule has 1 aliphatic heterocycles. The van der Waals surface area contributed by atoms with Crippen LogP contribution in [0.3, 0.4) is 0 Å². The van der Waals surface area contributed by atoms with Crippen LogP contribution in [0, 0.1) is 11.3 Å². The molecule has 0 bridgehead atoms. The molecule has 0 saturated carbocycles. The highest BCUT2D eigenvalue weighted by Crippen LogP contribution is 2.38. The van der Waals surface area contributed by atoms with Gasteiger partial charge in [-0.1, -0.05) is 32.0 Å². The second-order valence-corrected chi connectivity index (χ2v) is 7.34. The second-order valence-electron chi connectivity index (χ2n) is 6.92. The molecule has 1 heterocycles. The number of hydrogen-bond acceptors (Lipinski definition) is 6. The maximum Gasteiger partial charge on any atom is 0.266 e. The third-order valence-corrected chi connectivity index (χ3v) is 5.32. The quantitative estimate of drug-likeness (QED) is 0.727. The number of hydrogen-bond donors (Lipinski definition) is 2. The van der Waals surface area contributed by atoms with Crippen LogP contribution in [-0.4, -0.2) is 20.1 Å². The Morgan fingerprint density at radius 1 is 1.10 bits per heavy atom. The van der Waals surface area contributed by atoms with Gasteiger partial charge < -0.3 is 19.7 Å². The highest BCUT2D eigenvalue weighted by atomic mass is 32.1. The lowest BCUT2D eigenvalue weighted by Gasteiger charge is -2.38. The van der Waals surface area contributed by atoms with Crippen LogP contribution in [0.25, 0.3) is 0 Å². The van der Waals surface area contributed by atoms with Gasteiger partial charge in [0.25, 0.3) is 5.91 Å². The first-order valence-electron chi connectivity index (χ1n) is 9.16. The molecular formula is C22H23N3O3S. The first-order valence-corrected chi connectivity index (χ1v) is 9.61. The van der Waals surface area contributed by atoms with E-state index in [4.69, 9.17) is 9.47 Å². The van der Waals surface area contributed by atoms with E-state index >= 15 is 0 Å². The van der Waals surface area contributed by atoms with Crippen molar-refractivity contribution in [3.63, 3.8) is 0 Å².